The Morgan fingerprint density at radius 2 is 0.814 bits per heavy atom. The fraction of sp³-hybridized carbons (Fsp3) is 0.846. The van der Waals surface area contributed by atoms with Gasteiger partial charge in [-0.25, -0.2) is 0 Å². The number of hydrogen-bond donors (Lipinski definition) is 0. The molecule has 1 atom stereocenters. The van der Waals surface area contributed by atoms with Crippen LogP contribution in [0.3, 0.4) is 0 Å². The molecule has 0 radical (unpaired) electrons. The highest BCUT2D eigenvalue weighted by Crippen LogP contribution is 2.10. The molecule has 0 amide bonds. The number of ether oxygens (including phenoxy) is 4. The van der Waals surface area contributed by atoms with Gasteiger partial charge in [-0.1, -0.05) is 151 Å². The van der Waals surface area contributed by atoms with Crippen molar-refractivity contribution in [1.29, 1.82) is 0 Å². The van der Waals surface area contributed by atoms with Gasteiger partial charge in [-0.3, -0.25) is 0 Å². The van der Waals surface area contributed by atoms with Crippen LogP contribution in [0, 0.1) is 0 Å². The molecule has 0 bridgehead atoms. The van der Waals surface area contributed by atoms with Gasteiger partial charge in [-0.15, -0.1) is 13.2 Å². The van der Waals surface area contributed by atoms with E-state index in [0.717, 1.165) is 39.5 Å². The van der Waals surface area contributed by atoms with Crippen molar-refractivity contribution in [3.8, 4) is 0 Å². The Labute approximate surface area is 283 Å². The molecule has 1 aliphatic rings. The molecule has 4 nitrogen and oxygen atoms in total. The van der Waals surface area contributed by atoms with Crippen LogP contribution in [0.2, 0.25) is 0 Å². The Morgan fingerprint density at radius 1 is 0.581 bits per heavy atom. The Kier molecular flexibility index (Phi) is 510. The van der Waals surface area contributed by atoms with Gasteiger partial charge in [0.15, 0.2) is 0 Å². The topological polar surface area (TPSA) is 40.2 Å². The molecule has 0 aromatic rings. The number of epoxide rings is 1. The zero-order valence-corrected chi connectivity index (χ0v) is 31.9. The van der Waals surface area contributed by atoms with E-state index in [0.29, 0.717) is 6.10 Å². The van der Waals surface area contributed by atoms with Gasteiger partial charge < -0.3 is 18.9 Å². The van der Waals surface area contributed by atoms with Crippen molar-refractivity contribution >= 4 is 0 Å². The summed E-state index contributed by atoms with van der Waals surface area (Å²) >= 11 is 0. The first-order valence-electron chi connectivity index (χ1n) is 16.0. The van der Waals surface area contributed by atoms with Gasteiger partial charge in [0.1, 0.15) is 0 Å². The third kappa shape index (κ3) is 431. The van der Waals surface area contributed by atoms with E-state index in [1.807, 2.05) is 142 Å². The van der Waals surface area contributed by atoms with E-state index in [1.165, 1.54) is 6.42 Å². The summed E-state index contributed by atoms with van der Waals surface area (Å²) in [5, 5.41) is 0. The van der Waals surface area contributed by atoms with E-state index in [1.54, 1.807) is 14.2 Å². The lowest BCUT2D eigenvalue weighted by Gasteiger charge is -1.91. The molecule has 1 rings (SSSR count). The number of methoxy groups -OCH3 is 2. The standard InChI is InChI=1S/C6H10.C5H12O.C4H8O.2C3H8O.6C2H6.C2H4.4CH4/c2*1-3-5-6-4-2;1-2-4-3-5-4;2*1-3-4-2;7*1-2;;;;/h3-6H,1-2H3;3-5H2,1-2H3;4H,2-3H2,1H3;2*3H2,1-2H3;6*1-2H3;1-2H2;4*1H4/b5-3+,6-4+;;;;;;;;;;;;;;;. The molecule has 0 aromatic heterocycles. The zero-order valence-electron chi connectivity index (χ0n) is 31.9. The van der Waals surface area contributed by atoms with Crippen molar-refractivity contribution in [2.24, 2.45) is 0 Å². The SMILES string of the molecule is C.C.C.C.C/C=C/C=C/C.C=C.CC.CC.CC.CC.CC.CC.CCC1CO1.CCCOCC.CCOC.CCOC. The average molecular weight is 635 g/mol. The van der Waals surface area contributed by atoms with Gasteiger partial charge in [-0.2, -0.15) is 0 Å². The average Bonchev–Trinajstić information content (AvgIpc) is 3.91. The lowest BCUT2D eigenvalue weighted by atomic mass is 10.4. The van der Waals surface area contributed by atoms with Gasteiger partial charge in [0.25, 0.3) is 0 Å². The lowest BCUT2D eigenvalue weighted by Crippen LogP contribution is -1.88. The molecule has 0 aromatic carbocycles. The predicted molar refractivity (Wildman–Crippen MR) is 218 cm³/mol. The maximum atomic E-state index is 4.98. The molecule has 4 heteroatoms. The highest BCUT2D eigenvalue weighted by atomic mass is 16.6. The Bertz CT molecular complexity index is 217. The van der Waals surface area contributed by atoms with Crippen molar-refractivity contribution in [2.75, 3.05) is 47.3 Å². The van der Waals surface area contributed by atoms with E-state index in [2.05, 4.69) is 36.5 Å². The molecule has 282 valence electrons. The fourth-order valence-electron chi connectivity index (χ4n) is 0.815. The molecule has 1 saturated heterocycles. The summed E-state index contributed by atoms with van der Waals surface area (Å²) in [7, 11) is 3.36. The van der Waals surface area contributed by atoms with Crippen molar-refractivity contribution < 1.29 is 18.9 Å². The van der Waals surface area contributed by atoms with Crippen molar-refractivity contribution in [2.45, 2.75) is 180 Å². The zero-order chi connectivity index (χ0) is 34.2. The number of hydrogen-bond acceptors (Lipinski definition) is 4. The van der Waals surface area contributed by atoms with Gasteiger partial charge in [-0.05, 0) is 47.5 Å². The number of allylic oxidation sites excluding steroid dienone is 4. The summed E-state index contributed by atoms with van der Waals surface area (Å²) in [6.45, 7) is 48.6. The monoisotopic (exact) mass is 635 g/mol. The molecular formula is C39H102O4. The van der Waals surface area contributed by atoms with Crippen molar-refractivity contribution in [3.63, 3.8) is 0 Å². The molecule has 0 saturated carbocycles. The maximum absolute atomic E-state index is 4.98. The first-order chi connectivity index (χ1) is 19.1. The minimum atomic E-state index is 0. The van der Waals surface area contributed by atoms with Crippen LogP contribution in [0.15, 0.2) is 37.5 Å². The smallest absolute Gasteiger partial charge is 0.0807 e. The quantitative estimate of drug-likeness (QED) is 0.121. The summed E-state index contributed by atoms with van der Waals surface area (Å²) < 4.78 is 18.9. The van der Waals surface area contributed by atoms with E-state index in [4.69, 9.17) is 9.47 Å². The molecule has 0 N–H and O–H groups in total. The molecule has 1 heterocycles. The van der Waals surface area contributed by atoms with E-state index in [-0.39, 0.29) is 29.7 Å². The van der Waals surface area contributed by atoms with Gasteiger partial charge in [0.05, 0.1) is 12.7 Å². The van der Waals surface area contributed by atoms with Gasteiger partial charge >= 0.3 is 0 Å². The normalized spacial score (nSPS) is 9.19. The Balaban J connectivity index is -0.0000000156. The van der Waals surface area contributed by atoms with Crippen LogP contribution in [0.25, 0.3) is 0 Å². The third-order valence-corrected chi connectivity index (χ3v) is 2.48. The Hall–Kier alpha value is -0.940. The van der Waals surface area contributed by atoms with Gasteiger partial charge in [0, 0.05) is 40.6 Å². The van der Waals surface area contributed by atoms with Crippen LogP contribution in [-0.4, -0.2) is 53.4 Å². The lowest BCUT2D eigenvalue weighted by molar-refractivity contribution is 0.148. The summed E-state index contributed by atoms with van der Waals surface area (Å²) in [6.07, 6.45) is 11.0. The second-order valence-corrected chi connectivity index (χ2v) is 4.77. The van der Waals surface area contributed by atoms with E-state index in [9.17, 15) is 0 Å². The highest BCUT2D eigenvalue weighted by Gasteiger charge is 2.18. The molecular weight excluding hydrogens is 532 g/mol. The third-order valence-electron chi connectivity index (χ3n) is 2.48. The molecule has 43 heavy (non-hydrogen) atoms. The molecule has 0 aliphatic carbocycles. The minimum Gasteiger partial charge on any atom is -0.385 e. The molecule has 1 unspecified atom stereocenters. The molecule has 1 aliphatic heterocycles. The van der Waals surface area contributed by atoms with Crippen LogP contribution in [0.1, 0.15) is 174 Å². The van der Waals surface area contributed by atoms with Crippen molar-refractivity contribution in [3.05, 3.63) is 37.5 Å². The summed E-state index contributed by atoms with van der Waals surface area (Å²) in [5.41, 5.74) is 0. The predicted octanol–water partition coefficient (Wildman–Crippen LogP) is 15.2. The first-order valence-corrected chi connectivity index (χ1v) is 16.0. The second-order valence-electron chi connectivity index (χ2n) is 4.77. The van der Waals surface area contributed by atoms with Crippen LogP contribution in [0.4, 0.5) is 0 Å². The van der Waals surface area contributed by atoms with Crippen LogP contribution in [-0.2, 0) is 18.9 Å². The second kappa shape index (κ2) is 226. The van der Waals surface area contributed by atoms with Crippen LogP contribution < -0.4 is 0 Å². The molecule has 1 fully saturated rings. The summed E-state index contributed by atoms with van der Waals surface area (Å²) in [4.78, 5) is 0. The summed E-state index contributed by atoms with van der Waals surface area (Å²) in [6, 6.07) is 0. The maximum Gasteiger partial charge on any atom is 0.0807 e. The van der Waals surface area contributed by atoms with E-state index < -0.39 is 0 Å². The summed E-state index contributed by atoms with van der Waals surface area (Å²) in [5.74, 6) is 0. The fourth-order valence-corrected chi connectivity index (χ4v) is 0.815. The number of rotatable bonds is 7. The minimum absolute atomic E-state index is 0. The van der Waals surface area contributed by atoms with Crippen LogP contribution >= 0.6 is 0 Å². The largest absolute Gasteiger partial charge is 0.385 e. The molecule has 0 spiro atoms. The first kappa shape index (κ1) is 96.8. The van der Waals surface area contributed by atoms with Crippen LogP contribution in [0.5, 0.6) is 0 Å². The van der Waals surface area contributed by atoms with Crippen molar-refractivity contribution in [1.82, 2.24) is 0 Å². The highest BCUT2D eigenvalue weighted by molar-refractivity contribution is 4.98. The van der Waals surface area contributed by atoms with E-state index >= 15 is 0 Å². The van der Waals surface area contributed by atoms with Gasteiger partial charge in [0.2, 0.25) is 0 Å². The Morgan fingerprint density at radius 3 is 0.860 bits per heavy atom.